The molecule has 0 bridgehead atoms. The van der Waals surface area contributed by atoms with Crippen LogP contribution in [-0.4, -0.2) is 29.2 Å². The third-order valence-corrected chi connectivity index (χ3v) is 3.40. The standard InChI is InChI=1S/C16H21N3O2/c1-4-17-12(2)15-6-5-9-19(15)11-14-8-7-13(10-18-14)16(20)21-3/h5-10,12,17H,4,11H2,1-3H3. The minimum Gasteiger partial charge on any atom is -0.465 e. The first-order valence-electron chi connectivity index (χ1n) is 7.07. The zero-order chi connectivity index (χ0) is 15.2. The van der Waals surface area contributed by atoms with E-state index < -0.39 is 0 Å². The monoisotopic (exact) mass is 287 g/mol. The van der Waals surface area contributed by atoms with Gasteiger partial charge in [-0.25, -0.2) is 4.79 Å². The van der Waals surface area contributed by atoms with Crippen molar-refractivity contribution < 1.29 is 9.53 Å². The van der Waals surface area contributed by atoms with Crippen LogP contribution in [0.25, 0.3) is 0 Å². The average Bonchev–Trinajstić information content (AvgIpc) is 2.95. The molecule has 112 valence electrons. The van der Waals surface area contributed by atoms with E-state index in [1.807, 2.05) is 18.3 Å². The van der Waals surface area contributed by atoms with Gasteiger partial charge in [0.2, 0.25) is 0 Å². The summed E-state index contributed by atoms with van der Waals surface area (Å²) in [6, 6.07) is 8.03. The van der Waals surface area contributed by atoms with Crippen molar-refractivity contribution in [2.75, 3.05) is 13.7 Å². The number of hydrogen-bond donors (Lipinski definition) is 1. The maximum Gasteiger partial charge on any atom is 0.339 e. The molecule has 1 unspecified atom stereocenters. The molecular weight excluding hydrogens is 266 g/mol. The largest absolute Gasteiger partial charge is 0.465 e. The highest BCUT2D eigenvalue weighted by molar-refractivity contribution is 5.88. The molecule has 5 heteroatoms. The maximum atomic E-state index is 11.4. The van der Waals surface area contributed by atoms with Crippen LogP contribution >= 0.6 is 0 Å². The lowest BCUT2D eigenvalue weighted by atomic mass is 10.2. The first-order chi connectivity index (χ1) is 10.2. The van der Waals surface area contributed by atoms with Gasteiger partial charge in [-0.1, -0.05) is 6.92 Å². The number of ether oxygens (including phenoxy) is 1. The molecule has 0 amide bonds. The number of methoxy groups -OCH3 is 1. The van der Waals surface area contributed by atoms with E-state index in [-0.39, 0.29) is 5.97 Å². The molecule has 0 fully saturated rings. The van der Waals surface area contributed by atoms with Crippen molar-refractivity contribution in [3.8, 4) is 0 Å². The fourth-order valence-corrected chi connectivity index (χ4v) is 2.31. The molecule has 2 aromatic rings. The fraction of sp³-hybridized carbons (Fsp3) is 0.375. The van der Waals surface area contributed by atoms with Gasteiger partial charge in [0.1, 0.15) is 0 Å². The van der Waals surface area contributed by atoms with Gasteiger partial charge in [-0.2, -0.15) is 0 Å². The Morgan fingerprint density at radius 2 is 2.24 bits per heavy atom. The zero-order valence-electron chi connectivity index (χ0n) is 12.7. The van der Waals surface area contributed by atoms with Crippen LogP contribution in [0.15, 0.2) is 36.7 Å². The number of carbonyl (C=O) groups is 1. The summed E-state index contributed by atoms with van der Waals surface area (Å²) in [5.41, 5.74) is 2.59. The van der Waals surface area contributed by atoms with Crippen molar-refractivity contribution in [3.05, 3.63) is 53.6 Å². The van der Waals surface area contributed by atoms with Crippen molar-refractivity contribution in [1.82, 2.24) is 14.9 Å². The summed E-state index contributed by atoms with van der Waals surface area (Å²) in [6.45, 7) is 5.85. The van der Waals surface area contributed by atoms with Gasteiger partial charge in [-0.15, -0.1) is 0 Å². The number of aromatic nitrogens is 2. The van der Waals surface area contributed by atoms with Crippen molar-refractivity contribution in [3.63, 3.8) is 0 Å². The van der Waals surface area contributed by atoms with E-state index >= 15 is 0 Å². The summed E-state index contributed by atoms with van der Waals surface area (Å²) in [4.78, 5) is 15.7. The highest BCUT2D eigenvalue weighted by Gasteiger charge is 2.10. The molecule has 2 heterocycles. The van der Waals surface area contributed by atoms with Gasteiger partial charge in [0.15, 0.2) is 0 Å². The minimum atomic E-state index is -0.364. The van der Waals surface area contributed by atoms with Crippen LogP contribution in [-0.2, 0) is 11.3 Å². The summed E-state index contributed by atoms with van der Waals surface area (Å²) in [6.07, 6.45) is 3.59. The lowest BCUT2D eigenvalue weighted by Crippen LogP contribution is -2.21. The van der Waals surface area contributed by atoms with Crippen molar-refractivity contribution in [1.29, 1.82) is 0 Å². The second kappa shape index (κ2) is 7.04. The van der Waals surface area contributed by atoms with Crippen molar-refractivity contribution in [2.45, 2.75) is 26.4 Å². The first-order valence-corrected chi connectivity index (χ1v) is 7.07. The van der Waals surface area contributed by atoms with Gasteiger partial charge >= 0.3 is 5.97 Å². The Hall–Kier alpha value is -2.14. The molecular formula is C16H21N3O2. The molecule has 0 saturated carbocycles. The number of carbonyl (C=O) groups excluding carboxylic acids is 1. The normalized spacial score (nSPS) is 12.1. The van der Waals surface area contributed by atoms with Gasteiger partial charge in [-0.05, 0) is 37.7 Å². The number of nitrogens with zero attached hydrogens (tertiary/aromatic N) is 2. The quantitative estimate of drug-likeness (QED) is 0.829. The number of nitrogens with one attached hydrogen (secondary N) is 1. The number of rotatable bonds is 6. The average molecular weight is 287 g/mol. The fourth-order valence-electron chi connectivity index (χ4n) is 2.31. The molecule has 1 N–H and O–H groups in total. The molecule has 2 rings (SSSR count). The number of pyridine rings is 1. The Labute approximate surface area is 125 Å². The van der Waals surface area contributed by atoms with Crippen LogP contribution in [0.2, 0.25) is 0 Å². The van der Waals surface area contributed by atoms with Crippen LogP contribution in [0.1, 0.15) is 41.6 Å². The summed E-state index contributed by atoms with van der Waals surface area (Å²) in [5, 5.41) is 3.40. The molecule has 0 aliphatic rings. The Balaban J connectivity index is 2.12. The Bertz CT molecular complexity index is 590. The van der Waals surface area contributed by atoms with E-state index in [4.69, 9.17) is 0 Å². The number of hydrogen-bond acceptors (Lipinski definition) is 4. The summed E-state index contributed by atoms with van der Waals surface area (Å²) >= 11 is 0. The molecule has 0 radical (unpaired) electrons. The third-order valence-electron chi connectivity index (χ3n) is 3.40. The third kappa shape index (κ3) is 3.70. The van der Waals surface area contributed by atoms with Crippen molar-refractivity contribution in [2.24, 2.45) is 0 Å². The van der Waals surface area contributed by atoms with E-state index in [0.717, 1.165) is 12.2 Å². The SMILES string of the molecule is CCNC(C)c1cccn1Cc1ccc(C(=O)OC)cn1. The van der Waals surface area contributed by atoms with Crippen LogP contribution in [0.5, 0.6) is 0 Å². The minimum absolute atomic E-state index is 0.291. The smallest absolute Gasteiger partial charge is 0.339 e. The van der Waals surface area contributed by atoms with E-state index in [1.54, 1.807) is 12.3 Å². The summed E-state index contributed by atoms with van der Waals surface area (Å²) in [5.74, 6) is -0.364. The predicted octanol–water partition coefficient (Wildman–Crippen LogP) is 2.39. The molecule has 0 aliphatic heterocycles. The van der Waals surface area contributed by atoms with Crippen LogP contribution in [0.3, 0.4) is 0 Å². The molecule has 5 nitrogen and oxygen atoms in total. The van der Waals surface area contributed by atoms with Crippen molar-refractivity contribution >= 4 is 5.97 Å². The molecule has 0 saturated heterocycles. The van der Waals surface area contributed by atoms with Crippen LogP contribution in [0.4, 0.5) is 0 Å². The first kappa shape index (κ1) is 15.3. The van der Waals surface area contributed by atoms with Gasteiger partial charge in [0.25, 0.3) is 0 Å². The lowest BCUT2D eigenvalue weighted by molar-refractivity contribution is 0.0600. The molecule has 0 spiro atoms. The van der Waals surface area contributed by atoms with Gasteiger partial charge in [0, 0.05) is 24.1 Å². The highest BCUT2D eigenvalue weighted by atomic mass is 16.5. The van der Waals surface area contributed by atoms with E-state index in [2.05, 4.69) is 39.5 Å². The molecule has 21 heavy (non-hydrogen) atoms. The highest BCUT2D eigenvalue weighted by Crippen LogP contribution is 2.15. The van der Waals surface area contributed by atoms with Crippen LogP contribution < -0.4 is 5.32 Å². The lowest BCUT2D eigenvalue weighted by Gasteiger charge is -2.16. The second-order valence-electron chi connectivity index (χ2n) is 4.87. The molecule has 1 atom stereocenters. The Morgan fingerprint density at radius 3 is 2.86 bits per heavy atom. The predicted molar refractivity (Wildman–Crippen MR) is 81.2 cm³/mol. The molecule has 0 aliphatic carbocycles. The van der Waals surface area contributed by atoms with Gasteiger partial charge in [0.05, 0.1) is 24.9 Å². The number of esters is 1. The van der Waals surface area contributed by atoms with E-state index in [1.165, 1.54) is 12.8 Å². The topological polar surface area (TPSA) is 56.2 Å². The molecule has 0 aromatic carbocycles. The molecule has 2 aromatic heterocycles. The van der Waals surface area contributed by atoms with E-state index in [9.17, 15) is 4.79 Å². The summed E-state index contributed by atoms with van der Waals surface area (Å²) < 4.78 is 6.83. The maximum absolute atomic E-state index is 11.4. The van der Waals surface area contributed by atoms with Gasteiger partial charge < -0.3 is 14.6 Å². The second-order valence-corrected chi connectivity index (χ2v) is 4.87. The Kier molecular flexibility index (Phi) is 5.11. The zero-order valence-corrected chi connectivity index (χ0v) is 12.7. The summed E-state index contributed by atoms with van der Waals surface area (Å²) in [7, 11) is 1.37. The van der Waals surface area contributed by atoms with Gasteiger partial charge in [-0.3, -0.25) is 4.98 Å². The van der Waals surface area contributed by atoms with E-state index in [0.29, 0.717) is 18.2 Å². The Morgan fingerprint density at radius 1 is 1.43 bits per heavy atom. The van der Waals surface area contributed by atoms with Crippen LogP contribution in [0, 0.1) is 0 Å².